The summed E-state index contributed by atoms with van der Waals surface area (Å²) in [6, 6.07) is 10.1. The number of benzene rings is 1. The summed E-state index contributed by atoms with van der Waals surface area (Å²) >= 11 is 0. The highest BCUT2D eigenvalue weighted by molar-refractivity contribution is 6.03. The number of hydrogen-bond acceptors (Lipinski definition) is 3. The van der Waals surface area contributed by atoms with E-state index in [-0.39, 0.29) is 11.3 Å². The Morgan fingerprint density at radius 3 is 2.38 bits per heavy atom. The molecule has 0 unspecified atom stereocenters. The van der Waals surface area contributed by atoms with Crippen LogP contribution in [0.5, 0.6) is 0 Å². The lowest BCUT2D eigenvalue weighted by atomic mass is 10.3. The van der Waals surface area contributed by atoms with Crippen LogP contribution in [0.25, 0.3) is 5.65 Å². The molecule has 1 amide bonds. The third kappa shape index (κ3) is 3.05. The molecular weight excluding hydrogens is 328 g/mol. The van der Waals surface area contributed by atoms with E-state index in [2.05, 4.69) is 15.4 Å². The van der Waals surface area contributed by atoms with E-state index in [1.54, 1.807) is 30.3 Å². The number of fused-ring (bicyclic) bond motifs is 1. The van der Waals surface area contributed by atoms with Crippen LogP contribution in [0.4, 0.5) is 23.2 Å². The van der Waals surface area contributed by atoms with Gasteiger partial charge in [0.2, 0.25) is 0 Å². The standard InChI is InChI=1S/C15H10F4N4O/c16-13(17)9-6-11(14(18)19)23-12(21-9)7-10(22-23)15(24)20-8-4-2-1-3-5-8/h1-7,13-14H,(H,20,24). The summed E-state index contributed by atoms with van der Waals surface area (Å²) in [4.78, 5) is 15.7. The van der Waals surface area contributed by atoms with Crippen molar-refractivity contribution in [3.8, 4) is 0 Å². The first-order chi connectivity index (χ1) is 11.5. The first-order valence-corrected chi connectivity index (χ1v) is 6.79. The van der Waals surface area contributed by atoms with Crippen LogP contribution in [0.3, 0.4) is 0 Å². The van der Waals surface area contributed by atoms with E-state index in [9.17, 15) is 22.4 Å². The summed E-state index contributed by atoms with van der Waals surface area (Å²) < 4.78 is 52.4. The number of hydrogen-bond donors (Lipinski definition) is 1. The lowest BCUT2D eigenvalue weighted by Gasteiger charge is -2.06. The molecule has 2 heterocycles. The van der Waals surface area contributed by atoms with Crippen LogP contribution in [0.1, 0.15) is 34.7 Å². The minimum Gasteiger partial charge on any atom is -0.321 e. The zero-order valence-electron chi connectivity index (χ0n) is 12.0. The third-order valence-electron chi connectivity index (χ3n) is 3.19. The summed E-state index contributed by atoms with van der Waals surface area (Å²) in [6.45, 7) is 0. The van der Waals surface area contributed by atoms with Crippen LogP contribution < -0.4 is 5.32 Å². The number of nitrogens with one attached hydrogen (secondary N) is 1. The molecule has 0 fully saturated rings. The molecule has 124 valence electrons. The van der Waals surface area contributed by atoms with Gasteiger partial charge in [0.05, 0.1) is 0 Å². The van der Waals surface area contributed by atoms with E-state index in [1.807, 2.05) is 0 Å². The van der Waals surface area contributed by atoms with Gasteiger partial charge in [-0.05, 0) is 18.2 Å². The molecule has 1 aromatic carbocycles. The summed E-state index contributed by atoms with van der Waals surface area (Å²) in [7, 11) is 0. The van der Waals surface area contributed by atoms with Gasteiger partial charge in [-0.15, -0.1) is 0 Å². The first kappa shape index (κ1) is 15.9. The molecule has 0 saturated carbocycles. The van der Waals surface area contributed by atoms with E-state index < -0.39 is 30.1 Å². The lowest BCUT2D eigenvalue weighted by molar-refractivity contribution is 0.102. The zero-order valence-corrected chi connectivity index (χ0v) is 12.0. The van der Waals surface area contributed by atoms with Crippen LogP contribution in [0, 0.1) is 0 Å². The van der Waals surface area contributed by atoms with Gasteiger partial charge in [-0.25, -0.2) is 27.1 Å². The molecule has 9 heteroatoms. The second-order valence-corrected chi connectivity index (χ2v) is 4.83. The summed E-state index contributed by atoms with van der Waals surface area (Å²) in [5.41, 5.74) is -1.53. The molecule has 0 aliphatic heterocycles. The van der Waals surface area contributed by atoms with Crippen LogP contribution in [0.15, 0.2) is 42.5 Å². The van der Waals surface area contributed by atoms with Crippen molar-refractivity contribution in [2.45, 2.75) is 12.9 Å². The van der Waals surface area contributed by atoms with Gasteiger partial charge in [0, 0.05) is 11.8 Å². The predicted octanol–water partition coefficient (Wildman–Crippen LogP) is 3.86. The van der Waals surface area contributed by atoms with Gasteiger partial charge in [-0.2, -0.15) is 5.10 Å². The minimum atomic E-state index is -3.04. The second-order valence-electron chi connectivity index (χ2n) is 4.83. The average molecular weight is 338 g/mol. The SMILES string of the molecule is O=C(Nc1ccccc1)c1cc2nc(C(F)F)cc(C(F)F)n2n1. The molecule has 3 rings (SSSR count). The quantitative estimate of drug-likeness (QED) is 0.735. The molecule has 24 heavy (non-hydrogen) atoms. The average Bonchev–Trinajstić information content (AvgIpc) is 2.98. The molecule has 0 bridgehead atoms. The molecule has 0 aliphatic carbocycles. The van der Waals surface area contributed by atoms with Crippen molar-refractivity contribution in [1.29, 1.82) is 0 Å². The Bertz CT molecular complexity index is 880. The number of aromatic nitrogens is 3. The number of anilines is 1. The fourth-order valence-electron chi connectivity index (χ4n) is 2.11. The van der Waals surface area contributed by atoms with Crippen LogP contribution in [-0.4, -0.2) is 20.5 Å². The Morgan fingerprint density at radius 1 is 1.04 bits per heavy atom. The number of para-hydroxylation sites is 1. The van der Waals surface area contributed by atoms with Gasteiger partial charge in [-0.3, -0.25) is 4.79 Å². The van der Waals surface area contributed by atoms with Gasteiger partial charge in [0.25, 0.3) is 18.8 Å². The Hall–Kier alpha value is -2.97. The van der Waals surface area contributed by atoms with Gasteiger partial charge in [-0.1, -0.05) is 18.2 Å². The minimum absolute atomic E-state index is 0.209. The lowest BCUT2D eigenvalue weighted by Crippen LogP contribution is -2.13. The Labute approximate surface area is 132 Å². The van der Waals surface area contributed by atoms with E-state index in [0.29, 0.717) is 16.3 Å². The van der Waals surface area contributed by atoms with Crippen molar-refractivity contribution in [3.63, 3.8) is 0 Å². The van der Waals surface area contributed by atoms with Gasteiger partial charge >= 0.3 is 0 Å². The Balaban J connectivity index is 2.01. The normalized spacial score (nSPS) is 11.4. The third-order valence-corrected chi connectivity index (χ3v) is 3.19. The molecule has 0 radical (unpaired) electrons. The smallest absolute Gasteiger partial charge is 0.280 e. The van der Waals surface area contributed by atoms with Crippen LogP contribution >= 0.6 is 0 Å². The van der Waals surface area contributed by atoms with E-state index >= 15 is 0 Å². The first-order valence-electron chi connectivity index (χ1n) is 6.79. The van der Waals surface area contributed by atoms with Crippen LogP contribution in [0.2, 0.25) is 0 Å². The molecule has 1 N–H and O–H groups in total. The second kappa shape index (κ2) is 6.26. The van der Waals surface area contributed by atoms with Crippen molar-refractivity contribution in [2.24, 2.45) is 0 Å². The highest BCUT2D eigenvalue weighted by Gasteiger charge is 2.22. The van der Waals surface area contributed by atoms with Gasteiger partial charge < -0.3 is 5.32 Å². The van der Waals surface area contributed by atoms with Gasteiger partial charge in [0.1, 0.15) is 11.4 Å². The fraction of sp³-hybridized carbons (Fsp3) is 0.133. The van der Waals surface area contributed by atoms with Crippen molar-refractivity contribution in [3.05, 3.63) is 59.5 Å². The predicted molar refractivity (Wildman–Crippen MR) is 77.3 cm³/mol. The monoisotopic (exact) mass is 338 g/mol. The molecule has 3 aromatic rings. The molecule has 5 nitrogen and oxygen atoms in total. The molecule has 0 aliphatic rings. The van der Waals surface area contributed by atoms with Gasteiger partial charge in [0.15, 0.2) is 11.3 Å². The highest BCUT2D eigenvalue weighted by atomic mass is 19.3. The van der Waals surface area contributed by atoms with Crippen molar-refractivity contribution in [1.82, 2.24) is 14.6 Å². The summed E-state index contributed by atoms with van der Waals surface area (Å²) in [6.07, 6.45) is -6.05. The number of halogens is 4. The largest absolute Gasteiger partial charge is 0.321 e. The number of amides is 1. The molecule has 0 spiro atoms. The molecule has 0 atom stereocenters. The Morgan fingerprint density at radius 2 is 1.75 bits per heavy atom. The Kier molecular flexibility index (Phi) is 4.15. The maximum absolute atomic E-state index is 13.1. The summed E-state index contributed by atoms with van der Waals surface area (Å²) in [5, 5.41) is 6.27. The maximum atomic E-state index is 13.1. The fourth-order valence-corrected chi connectivity index (χ4v) is 2.11. The van der Waals surface area contributed by atoms with E-state index in [1.165, 1.54) is 0 Å². The molecule has 2 aromatic heterocycles. The zero-order chi connectivity index (χ0) is 17.3. The molecular formula is C15H10F4N4O. The highest BCUT2D eigenvalue weighted by Crippen LogP contribution is 2.25. The molecule has 0 saturated heterocycles. The maximum Gasteiger partial charge on any atom is 0.280 e. The number of alkyl halides is 4. The van der Waals surface area contributed by atoms with Crippen molar-refractivity contribution in [2.75, 3.05) is 5.32 Å². The van der Waals surface area contributed by atoms with Crippen molar-refractivity contribution < 1.29 is 22.4 Å². The van der Waals surface area contributed by atoms with Crippen LogP contribution in [-0.2, 0) is 0 Å². The topological polar surface area (TPSA) is 59.3 Å². The van der Waals surface area contributed by atoms with E-state index in [0.717, 1.165) is 6.07 Å². The van der Waals surface area contributed by atoms with E-state index in [4.69, 9.17) is 0 Å². The van der Waals surface area contributed by atoms with Crippen molar-refractivity contribution >= 4 is 17.2 Å². The summed E-state index contributed by atoms with van der Waals surface area (Å²) in [5.74, 6) is -0.662. The number of carbonyl (C=O) groups excluding carboxylic acids is 1. The number of rotatable bonds is 4. The number of carbonyl (C=O) groups is 1. The number of nitrogens with zero attached hydrogens (tertiary/aromatic N) is 3.